The van der Waals surface area contributed by atoms with Gasteiger partial charge < -0.3 is 10.1 Å². The fourth-order valence-corrected chi connectivity index (χ4v) is 2.27. The van der Waals surface area contributed by atoms with Crippen LogP contribution in [0.15, 0.2) is 60.8 Å². The predicted octanol–water partition coefficient (Wildman–Crippen LogP) is 3.56. The van der Waals surface area contributed by atoms with Crippen LogP contribution in [0.3, 0.4) is 0 Å². The normalized spacial score (nSPS) is 10.4. The number of aryl methyl sites for hydroxylation is 1. The molecule has 110 valence electrons. The third-order valence-corrected chi connectivity index (χ3v) is 3.36. The van der Waals surface area contributed by atoms with Gasteiger partial charge in [0.25, 0.3) is 5.91 Å². The molecular weight excluding hydrogens is 276 g/mol. The standard InChI is InChI=1S/C18H16N2O2/c1-13-9-10-16(15-8-5-11-19-18(13)15)20-17(21)12-22-14-6-3-2-4-7-14/h2-11H,12H2,1H3,(H,20,21). The van der Waals surface area contributed by atoms with Gasteiger partial charge in [-0.05, 0) is 42.8 Å². The van der Waals surface area contributed by atoms with Gasteiger partial charge in [0.1, 0.15) is 5.75 Å². The molecule has 3 aromatic rings. The number of amides is 1. The first-order valence-electron chi connectivity index (χ1n) is 7.06. The number of nitrogens with zero attached hydrogens (tertiary/aromatic N) is 1. The molecule has 1 N–H and O–H groups in total. The Hall–Kier alpha value is -2.88. The number of rotatable bonds is 4. The summed E-state index contributed by atoms with van der Waals surface area (Å²) >= 11 is 0. The molecule has 0 spiro atoms. The van der Waals surface area contributed by atoms with Crippen LogP contribution in [0.5, 0.6) is 5.75 Å². The summed E-state index contributed by atoms with van der Waals surface area (Å²) in [6, 6.07) is 16.9. The van der Waals surface area contributed by atoms with Crippen LogP contribution in [0.25, 0.3) is 10.9 Å². The topological polar surface area (TPSA) is 51.2 Å². The van der Waals surface area contributed by atoms with E-state index < -0.39 is 0 Å². The molecule has 0 fully saturated rings. The van der Waals surface area contributed by atoms with Crippen LogP contribution in [0, 0.1) is 6.92 Å². The average molecular weight is 292 g/mol. The van der Waals surface area contributed by atoms with Gasteiger partial charge in [-0.2, -0.15) is 0 Å². The smallest absolute Gasteiger partial charge is 0.262 e. The van der Waals surface area contributed by atoms with Crippen molar-refractivity contribution in [3.63, 3.8) is 0 Å². The first-order chi connectivity index (χ1) is 10.7. The Morgan fingerprint density at radius 3 is 2.73 bits per heavy atom. The molecule has 1 heterocycles. The SMILES string of the molecule is Cc1ccc(NC(=O)COc2ccccc2)c2cccnc12. The van der Waals surface area contributed by atoms with Crippen LogP contribution in [0.1, 0.15) is 5.56 Å². The lowest BCUT2D eigenvalue weighted by Gasteiger charge is -2.10. The zero-order valence-corrected chi connectivity index (χ0v) is 12.2. The number of aromatic nitrogens is 1. The minimum Gasteiger partial charge on any atom is -0.484 e. The molecule has 1 amide bonds. The highest BCUT2D eigenvalue weighted by Gasteiger charge is 2.08. The molecule has 0 saturated carbocycles. The Labute approximate surface area is 128 Å². The quantitative estimate of drug-likeness (QED) is 0.800. The highest BCUT2D eigenvalue weighted by Crippen LogP contribution is 2.24. The highest BCUT2D eigenvalue weighted by atomic mass is 16.5. The molecule has 0 unspecified atom stereocenters. The number of hydrogen-bond donors (Lipinski definition) is 1. The van der Waals surface area contributed by atoms with Crippen molar-refractivity contribution >= 4 is 22.5 Å². The van der Waals surface area contributed by atoms with Gasteiger partial charge >= 0.3 is 0 Å². The first-order valence-corrected chi connectivity index (χ1v) is 7.06. The number of anilines is 1. The van der Waals surface area contributed by atoms with Crippen LogP contribution in [0.2, 0.25) is 0 Å². The summed E-state index contributed by atoms with van der Waals surface area (Å²) < 4.78 is 5.45. The van der Waals surface area contributed by atoms with Crippen molar-refractivity contribution in [3.8, 4) is 5.75 Å². The van der Waals surface area contributed by atoms with Gasteiger partial charge in [0, 0.05) is 11.6 Å². The summed E-state index contributed by atoms with van der Waals surface area (Å²) in [5.41, 5.74) is 2.72. The van der Waals surface area contributed by atoms with Crippen LogP contribution in [-0.2, 0) is 4.79 Å². The second-order valence-electron chi connectivity index (χ2n) is 4.98. The summed E-state index contributed by atoms with van der Waals surface area (Å²) in [5.74, 6) is 0.478. The zero-order valence-electron chi connectivity index (χ0n) is 12.2. The van der Waals surface area contributed by atoms with Crippen molar-refractivity contribution in [2.75, 3.05) is 11.9 Å². The molecule has 0 aliphatic rings. The van der Waals surface area contributed by atoms with Gasteiger partial charge in [-0.25, -0.2) is 0 Å². The molecule has 0 bridgehead atoms. The van der Waals surface area contributed by atoms with E-state index in [-0.39, 0.29) is 12.5 Å². The monoisotopic (exact) mass is 292 g/mol. The van der Waals surface area contributed by atoms with E-state index in [2.05, 4.69) is 10.3 Å². The van der Waals surface area contributed by atoms with E-state index in [1.807, 2.05) is 61.5 Å². The van der Waals surface area contributed by atoms with Gasteiger partial charge in [0.2, 0.25) is 0 Å². The molecule has 2 aromatic carbocycles. The van der Waals surface area contributed by atoms with E-state index in [1.165, 1.54) is 0 Å². The van der Waals surface area contributed by atoms with Gasteiger partial charge in [0.05, 0.1) is 11.2 Å². The number of ether oxygens (including phenoxy) is 1. The summed E-state index contributed by atoms with van der Waals surface area (Å²) in [6.45, 7) is 1.97. The van der Waals surface area contributed by atoms with Gasteiger partial charge in [-0.3, -0.25) is 9.78 Å². The average Bonchev–Trinajstić information content (AvgIpc) is 2.57. The number of benzene rings is 2. The number of carbonyl (C=O) groups is 1. The van der Waals surface area contributed by atoms with Crippen molar-refractivity contribution in [1.29, 1.82) is 0 Å². The van der Waals surface area contributed by atoms with E-state index in [0.29, 0.717) is 5.75 Å². The molecule has 0 aliphatic carbocycles. The fraction of sp³-hybridized carbons (Fsp3) is 0.111. The summed E-state index contributed by atoms with van der Waals surface area (Å²) in [7, 11) is 0. The maximum absolute atomic E-state index is 12.1. The Balaban J connectivity index is 1.73. The van der Waals surface area contributed by atoms with Crippen molar-refractivity contribution in [3.05, 3.63) is 66.4 Å². The van der Waals surface area contributed by atoms with Crippen molar-refractivity contribution in [2.45, 2.75) is 6.92 Å². The molecule has 0 atom stereocenters. The van der Waals surface area contributed by atoms with Gasteiger partial charge in [0.15, 0.2) is 6.61 Å². The van der Waals surface area contributed by atoms with E-state index in [1.54, 1.807) is 6.20 Å². The lowest BCUT2D eigenvalue weighted by Crippen LogP contribution is -2.20. The van der Waals surface area contributed by atoms with Crippen LogP contribution >= 0.6 is 0 Å². The lowest BCUT2D eigenvalue weighted by molar-refractivity contribution is -0.118. The molecule has 4 nitrogen and oxygen atoms in total. The molecule has 0 radical (unpaired) electrons. The number of carbonyl (C=O) groups excluding carboxylic acids is 1. The molecule has 4 heteroatoms. The molecule has 0 saturated heterocycles. The number of hydrogen-bond acceptors (Lipinski definition) is 3. The lowest BCUT2D eigenvalue weighted by atomic mass is 10.1. The van der Waals surface area contributed by atoms with E-state index in [0.717, 1.165) is 22.2 Å². The number of pyridine rings is 1. The maximum atomic E-state index is 12.1. The summed E-state index contributed by atoms with van der Waals surface area (Å²) in [4.78, 5) is 16.4. The summed E-state index contributed by atoms with van der Waals surface area (Å²) in [6.07, 6.45) is 1.75. The predicted molar refractivity (Wildman–Crippen MR) is 87.0 cm³/mol. The largest absolute Gasteiger partial charge is 0.484 e. The second kappa shape index (κ2) is 6.26. The molecule has 3 rings (SSSR count). The van der Waals surface area contributed by atoms with Gasteiger partial charge in [-0.15, -0.1) is 0 Å². The van der Waals surface area contributed by atoms with Crippen LogP contribution in [-0.4, -0.2) is 17.5 Å². The Morgan fingerprint density at radius 1 is 1.09 bits per heavy atom. The molecule has 22 heavy (non-hydrogen) atoms. The van der Waals surface area contributed by atoms with E-state index in [4.69, 9.17) is 4.74 Å². The third-order valence-electron chi connectivity index (χ3n) is 3.36. The minimum atomic E-state index is -0.196. The molecular formula is C18H16N2O2. The number of para-hydroxylation sites is 1. The van der Waals surface area contributed by atoms with Crippen molar-refractivity contribution in [2.24, 2.45) is 0 Å². The van der Waals surface area contributed by atoms with Crippen molar-refractivity contribution < 1.29 is 9.53 Å². The Kier molecular flexibility index (Phi) is 4.01. The van der Waals surface area contributed by atoms with E-state index in [9.17, 15) is 4.79 Å². The zero-order chi connectivity index (χ0) is 15.4. The summed E-state index contributed by atoms with van der Waals surface area (Å²) in [5, 5.41) is 3.80. The maximum Gasteiger partial charge on any atom is 0.262 e. The van der Waals surface area contributed by atoms with E-state index >= 15 is 0 Å². The molecule has 0 aliphatic heterocycles. The Morgan fingerprint density at radius 2 is 1.91 bits per heavy atom. The van der Waals surface area contributed by atoms with Crippen LogP contribution in [0.4, 0.5) is 5.69 Å². The Bertz CT molecular complexity index is 801. The fourth-order valence-electron chi connectivity index (χ4n) is 2.27. The highest BCUT2D eigenvalue weighted by molar-refractivity contribution is 6.02. The second-order valence-corrected chi connectivity index (χ2v) is 4.98. The third kappa shape index (κ3) is 3.06. The van der Waals surface area contributed by atoms with Crippen molar-refractivity contribution in [1.82, 2.24) is 4.98 Å². The number of fused-ring (bicyclic) bond motifs is 1. The minimum absolute atomic E-state index is 0.0281. The molecule has 1 aromatic heterocycles. The first kappa shape index (κ1) is 14.1. The number of nitrogens with one attached hydrogen (secondary N) is 1. The van der Waals surface area contributed by atoms with Crippen LogP contribution < -0.4 is 10.1 Å². The van der Waals surface area contributed by atoms with Gasteiger partial charge in [-0.1, -0.05) is 24.3 Å².